The molecule has 1 saturated heterocycles. The van der Waals surface area contributed by atoms with E-state index in [4.69, 9.17) is 4.74 Å². The van der Waals surface area contributed by atoms with Crippen LogP contribution in [0.5, 0.6) is 0 Å². The molecule has 0 atom stereocenters. The van der Waals surface area contributed by atoms with E-state index in [0.717, 1.165) is 15.7 Å². The van der Waals surface area contributed by atoms with Gasteiger partial charge in [-0.2, -0.15) is 0 Å². The molecule has 0 aromatic heterocycles. The van der Waals surface area contributed by atoms with Crippen LogP contribution in [0.25, 0.3) is 10.8 Å². The number of carbonyl (C=O) groups excluding carboxylic acids is 3. The summed E-state index contributed by atoms with van der Waals surface area (Å²) in [5.74, 6) is -1.24. The van der Waals surface area contributed by atoms with Crippen LogP contribution in [0.15, 0.2) is 65.6 Å². The fourth-order valence-corrected chi connectivity index (χ4v) is 4.60. The lowest BCUT2D eigenvalue weighted by atomic mass is 10.1. The van der Waals surface area contributed by atoms with Gasteiger partial charge in [-0.15, -0.1) is 11.8 Å². The lowest BCUT2D eigenvalue weighted by molar-refractivity contribution is -0.150. The number of hydrogen-bond acceptors (Lipinski definition) is 6. The monoisotopic (exact) mass is 480 g/mol. The van der Waals surface area contributed by atoms with Crippen LogP contribution in [0.3, 0.4) is 0 Å². The summed E-state index contributed by atoms with van der Waals surface area (Å²) in [5, 5.41) is 2.24. The highest BCUT2D eigenvalue weighted by molar-refractivity contribution is 8.00. The first-order valence-corrected chi connectivity index (χ1v) is 12.0. The van der Waals surface area contributed by atoms with E-state index < -0.39 is 11.8 Å². The summed E-state index contributed by atoms with van der Waals surface area (Å²) in [6.07, 6.45) is 0. The topological polar surface area (TPSA) is 66.9 Å². The van der Waals surface area contributed by atoms with Crippen molar-refractivity contribution in [3.63, 3.8) is 0 Å². The van der Waals surface area contributed by atoms with Gasteiger partial charge in [0.05, 0.1) is 11.4 Å². The molecule has 0 radical (unpaired) electrons. The van der Waals surface area contributed by atoms with Gasteiger partial charge in [-0.1, -0.05) is 30.3 Å². The second-order valence-corrected chi connectivity index (χ2v) is 9.10. The van der Waals surface area contributed by atoms with Gasteiger partial charge in [0.1, 0.15) is 5.82 Å². The van der Waals surface area contributed by atoms with Crippen molar-refractivity contribution in [2.45, 2.75) is 11.8 Å². The van der Waals surface area contributed by atoms with Crippen molar-refractivity contribution in [3.8, 4) is 0 Å². The van der Waals surface area contributed by atoms with Crippen LogP contribution in [-0.4, -0.2) is 61.1 Å². The third-order valence-electron chi connectivity index (χ3n) is 5.76. The summed E-state index contributed by atoms with van der Waals surface area (Å²) in [5.41, 5.74) is 0.741. The molecule has 1 aliphatic rings. The van der Waals surface area contributed by atoms with Crippen molar-refractivity contribution in [3.05, 3.63) is 72.0 Å². The largest absolute Gasteiger partial charge is 0.455 e. The Hall–Kier alpha value is -3.39. The summed E-state index contributed by atoms with van der Waals surface area (Å²) in [6, 6.07) is 18.4. The molecule has 0 unspecified atom stereocenters. The average molecular weight is 481 g/mol. The highest BCUT2D eigenvalue weighted by Gasteiger charge is 2.24. The van der Waals surface area contributed by atoms with Gasteiger partial charge in [-0.05, 0) is 48.0 Å². The molecule has 0 N–H and O–H groups in total. The molecule has 0 bridgehead atoms. The Kier molecular flexibility index (Phi) is 7.47. The maximum absolute atomic E-state index is 14.4. The molecule has 0 saturated carbocycles. The molecule has 0 aliphatic carbocycles. The molecule has 34 heavy (non-hydrogen) atoms. The van der Waals surface area contributed by atoms with E-state index in [1.165, 1.54) is 24.8 Å². The van der Waals surface area contributed by atoms with Crippen molar-refractivity contribution in [2.75, 3.05) is 43.4 Å². The molecule has 176 valence electrons. The van der Waals surface area contributed by atoms with E-state index in [-0.39, 0.29) is 24.1 Å². The van der Waals surface area contributed by atoms with Crippen molar-refractivity contribution in [1.82, 2.24) is 4.90 Å². The van der Waals surface area contributed by atoms with Gasteiger partial charge in [0.2, 0.25) is 0 Å². The summed E-state index contributed by atoms with van der Waals surface area (Å²) in [4.78, 5) is 40.4. The SMILES string of the molecule is CC(=O)c1ccc(N2CCN(C(=O)COC(=O)CSc3ccc4ccccc4c3)CC2)c(F)c1. The van der Waals surface area contributed by atoms with E-state index in [1.807, 2.05) is 47.4 Å². The Morgan fingerprint density at radius 1 is 0.941 bits per heavy atom. The average Bonchev–Trinajstić information content (AvgIpc) is 2.86. The maximum Gasteiger partial charge on any atom is 0.316 e. The molecule has 6 nitrogen and oxygen atoms in total. The van der Waals surface area contributed by atoms with Crippen LogP contribution in [0.1, 0.15) is 17.3 Å². The minimum absolute atomic E-state index is 0.120. The van der Waals surface area contributed by atoms with E-state index in [0.29, 0.717) is 37.4 Å². The van der Waals surface area contributed by atoms with Gasteiger partial charge >= 0.3 is 5.97 Å². The van der Waals surface area contributed by atoms with Crippen LogP contribution in [0.4, 0.5) is 10.1 Å². The third kappa shape index (κ3) is 5.75. The molecule has 0 spiro atoms. The van der Waals surface area contributed by atoms with Gasteiger partial charge in [0.15, 0.2) is 12.4 Å². The number of piperazine rings is 1. The Bertz CT molecular complexity index is 1220. The van der Waals surface area contributed by atoms with Crippen molar-refractivity contribution in [1.29, 1.82) is 0 Å². The smallest absolute Gasteiger partial charge is 0.316 e. The highest BCUT2D eigenvalue weighted by Crippen LogP contribution is 2.24. The molecule has 1 fully saturated rings. The number of amides is 1. The molecule has 8 heteroatoms. The van der Waals surface area contributed by atoms with Crippen LogP contribution in [-0.2, 0) is 14.3 Å². The van der Waals surface area contributed by atoms with Crippen molar-refractivity contribution < 1.29 is 23.5 Å². The number of Topliss-reactive ketones (excluding diaryl/α,β-unsaturated/α-hetero) is 1. The number of ether oxygens (including phenoxy) is 1. The molecular formula is C26H25FN2O4S. The zero-order valence-electron chi connectivity index (χ0n) is 18.8. The number of hydrogen-bond donors (Lipinski definition) is 0. The Balaban J connectivity index is 1.21. The molecular weight excluding hydrogens is 455 g/mol. The van der Waals surface area contributed by atoms with Crippen molar-refractivity contribution in [2.24, 2.45) is 0 Å². The van der Waals surface area contributed by atoms with Gasteiger partial charge in [0, 0.05) is 36.6 Å². The highest BCUT2D eigenvalue weighted by atomic mass is 32.2. The Morgan fingerprint density at radius 3 is 2.38 bits per heavy atom. The van der Waals surface area contributed by atoms with E-state index in [9.17, 15) is 18.8 Å². The van der Waals surface area contributed by atoms with Gasteiger partial charge < -0.3 is 14.5 Å². The minimum Gasteiger partial charge on any atom is -0.455 e. The molecule has 1 heterocycles. The fourth-order valence-electron chi connectivity index (χ4n) is 3.85. The number of esters is 1. The number of ketones is 1. The van der Waals surface area contributed by atoms with Gasteiger partial charge in [-0.25, -0.2) is 4.39 Å². The lowest BCUT2D eigenvalue weighted by Gasteiger charge is -2.36. The van der Waals surface area contributed by atoms with Crippen LogP contribution >= 0.6 is 11.8 Å². The summed E-state index contributed by atoms with van der Waals surface area (Å²) in [7, 11) is 0. The standard InChI is InChI=1S/C26H25FN2O4S/c1-18(30)20-7-9-24(23(27)15-20)28-10-12-29(13-11-28)25(31)16-33-26(32)17-34-22-8-6-19-4-2-3-5-21(19)14-22/h2-9,14-15H,10-13,16-17H2,1H3. The predicted octanol–water partition coefficient (Wildman–Crippen LogP) is 4.17. The van der Waals surface area contributed by atoms with Crippen LogP contribution < -0.4 is 4.90 Å². The van der Waals surface area contributed by atoms with Crippen molar-refractivity contribution >= 4 is 45.9 Å². The second kappa shape index (κ2) is 10.7. The second-order valence-electron chi connectivity index (χ2n) is 8.05. The van der Waals surface area contributed by atoms with Crippen LogP contribution in [0.2, 0.25) is 0 Å². The molecule has 1 aliphatic heterocycles. The van der Waals surface area contributed by atoms with E-state index in [2.05, 4.69) is 0 Å². The normalized spacial score (nSPS) is 13.7. The predicted molar refractivity (Wildman–Crippen MR) is 131 cm³/mol. The zero-order chi connectivity index (χ0) is 24.1. The first-order chi connectivity index (χ1) is 16.4. The summed E-state index contributed by atoms with van der Waals surface area (Å²) < 4.78 is 19.6. The zero-order valence-corrected chi connectivity index (χ0v) is 19.6. The molecule has 3 aromatic rings. The number of thioether (sulfide) groups is 1. The molecule has 3 aromatic carbocycles. The summed E-state index contributed by atoms with van der Waals surface area (Å²) in [6.45, 7) is 2.79. The number of anilines is 1. The van der Waals surface area contributed by atoms with Crippen LogP contribution in [0, 0.1) is 5.82 Å². The van der Waals surface area contributed by atoms with Gasteiger partial charge in [-0.3, -0.25) is 14.4 Å². The fraction of sp³-hybridized carbons (Fsp3) is 0.269. The van der Waals surface area contributed by atoms with E-state index >= 15 is 0 Å². The molecule has 4 rings (SSSR count). The Morgan fingerprint density at radius 2 is 1.68 bits per heavy atom. The number of rotatable bonds is 7. The lowest BCUT2D eigenvalue weighted by Crippen LogP contribution is -2.50. The number of carbonyl (C=O) groups is 3. The Labute approximate surface area is 201 Å². The minimum atomic E-state index is -0.453. The first-order valence-electron chi connectivity index (χ1n) is 11.0. The molecule has 1 amide bonds. The maximum atomic E-state index is 14.4. The number of benzene rings is 3. The third-order valence-corrected chi connectivity index (χ3v) is 6.73. The quantitative estimate of drug-likeness (QED) is 0.287. The van der Waals surface area contributed by atoms with Gasteiger partial charge in [0.25, 0.3) is 5.91 Å². The van der Waals surface area contributed by atoms with E-state index in [1.54, 1.807) is 17.0 Å². The number of halogens is 1. The number of nitrogens with zero attached hydrogens (tertiary/aromatic N) is 2. The summed E-state index contributed by atoms with van der Waals surface area (Å²) >= 11 is 1.37. The number of fused-ring (bicyclic) bond motifs is 1. The first kappa shape index (κ1) is 23.8.